The molecule has 134 valence electrons. The summed E-state index contributed by atoms with van der Waals surface area (Å²) in [6.45, 7) is 4.42. The molecule has 1 aliphatic heterocycles. The Hall–Kier alpha value is -2.80. The van der Waals surface area contributed by atoms with Crippen molar-refractivity contribution in [2.75, 3.05) is 11.9 Å². The second kappa shape index (κ2) is 6.84. The van der Waals surface area contributed by atoms with Crippen molar-refractivity contribution in [3.8, 4) is 22.1 Å². The molecule has 0 saturated carbocycles. The SMILES string of the molecule is CCOc1cc2c(cc1NC(=O)c1cc(-c3cccs3)on1)OC(C)C2. The molecule has 1 amide bonds. The van der Waals surface area contributed by atoms with E-state index in [1.54, 1.807) is 6.07 Å². The number of hydrogen-bond acceptors (Lipinski definition) is 6. The molecule has 26 heavy (non-hydrogen) atoms. The Balaban J connectivity index is 1.58. The highest BCUT2D eigenvalue weighted by atomic mass is 32.1. The molecule has 6 nitrogen and oxygen atoms in total. The van der Waals surface area contributed by atoms with Crippen LogP contribution in [0.2, 0.25) is 0 Å². The number of fused-ring (bicyclic) bond motifs is 1. The second-order valence-corrected chi connectivity index (χ2v) is 6.98. The fraction of sp³-hybridized carbons (Fsp3) is 0.263. The van der Waals surface area contributed by atoms with E-state index < -0.39 is 0 Å². The third-order valence-corrected chi connectivity index (χ3v) is 4.94. The molecule has 0 aliphatic carbocycles. The standard InChI is InChI=1S/C19H18N2O4S/c1-3-23-16-8-12-7-11(2)24-15(12)9-13(16)20-19(22)14-10-17(25-21-14)18-5-4-6-26-18/h4-6,8-11H,3,7H2,1-2H3,(H,20,22). The highest BCUT2D eigenvalue weighted by Gasteiger charge is 2.23. The topological polar surface area (TPSA) is 73.6 Å². The quantitative estimate of drug-likeness (QED) is 0.721. The minimum atomic E-state index is -0.358. The highest BCUT2D eigenvalue weighted by Crippen LogP contribution is 2.38. The number of rotatable bonds is 5. The van der Waals surface area contributed by atoms with Crippen molar-refractivity contribution in [2.24, 2.45) is 0 Å². The van der Waals surface area contributed by atoms with E-state index in [0.717, 1.165) is 22.6 Å². The first-order valence-electron chi connectivity index (χ1n) is 8.42. The molecule has 3 aromatic rings. The molecule has 0 saturated heterocycles. The minimum Gasteiger partial charge on any atom is -0.492 e. The fourth-order valence-electron chi connectivity index (χ4n) is 2.92. The van der Waals surface area contributed by atoms with Gasteiger partial charge in [-0.15, -0.1) is 11.3 Å². The van der Waals surface area contributed by atoms with Gasteiger partial charge in [0.05, 0.1) is 17.2 Å². The summed E-state index contributed by atoms with van der Waals surface area (Å²) in [5.74, 6) is 1.61. The van der Waals surface area contributed by atoms with Gasteiger partial charge in [0, 0.05) is 24.1 Å². The summed E-state index contributed by atoms with van der Waals surface area (Å²) in [5, 5.41) is 8.67. The number of hydrogen-bond donors (Lipinski definition) is 1. The molecule has 7 heteroatoms. The van der Waals surface area contributed by atoms with E-state index in [4.69, 9.17) is 14.0 Å². The summed E-state index contributed by atoms with van der Waals surface area (Å²) in [7, 11) is 0. The van der Waals surface area contributed by atoms with Crippen LogP contribution < -0.4 is 14.8 Å². The summed E-state index contributed by atoms with van der Waals surface area (Å²) in [6, 6.07) is 9.20. The molecule has 1 aromatic carbocycles. The molecule has 1 aliphatic rings. The van der Waals surface area contributed by atoms with Crippen LogP contribution in [0.4, 0.5) is 5.69 Å². The van der Waals surface area contributed by atoms with Crippen molar-refractivity contribution >= 4 is 22.9 Å². The first kappa shape index (κ1) is 16.7. The number of benzene rings is 1. The Bertz CT molecular complexity index is 933. The van der Waals surface area contributed by atoms with Crippen molar-refractivity contribution in [1.29, 1.82) is 0 Å². The number of ether oxygens (including phenoxy) is 2. The van der Waals surface area contributed by atoms with Crippen LogP contribution in [0.15, 0.2) is 40.2 Å². The zero-order valence-electron chi connectivity index (χ0n) is 14.4. The molecule has 0 spiro atoms. The molecular formula is C19H18N2O4S. The van der Waals surface area contributed by atoms with Crippen molar-refractivity contribution in [3.63, 3.8) is 0 Å². The second-order valence-electron chi connectivity index (χ2n) is 6.03. The average Bonchev–Trinajstić information content (AvgIpc) is 3.34. The van der Waals surface area contributed by atoms with Gasteiger partial charge in [-0.1, -0.05) is 11.2 Å². The number of amides is 1. The first-order valence-corrected chi connectivity index (χ1v) is 9.30. The Morgan fingerprint density at radius 1 is 1.42 bits per heavy atom. The van der Waals surface area contributed by atoms with Crippen molar-refractivity contribution in [1.82, 2.24) is 5.16 Å². The van der Waals surface area contributed by atoms with Crippen LogP contribution in [0.25, 0.3) is 10.6 Å². The van der Waals surface area contributed by atoms with E-state index in [0.29, 0.717) is 23.8 Å². The maximum atomic E-state index is 12.6. The zero-order valence-corrected chi connectivity index (χ0v) is 15.3. The number of nitrogens with zero attached hydrogens (tertiary/aromatic N) is 1. The van der Waals surface area contributed by atoms with Gasteiger partial charge in [-0.3, -0.25) is 4.79 Å². The molecule has 0 bridgehead atoms. The zero-order chi connectivity index (χ0) is 18.1. The third-order valence-electron chi connectivity index (χ3n) is 4.05. The Labute approximate surface area is 154 Å². The number of carbonyl (C=O) groups is 1. The molecule has 0 radical (unpaired) electrons. The lowest BCUT2D eigenvalue weighted by atomic mass is 10.1. The Morgan fingerprint density at radius 2 is 2.31 bits per heavy atom. The van der Waals surface area contributed by atoms with E-state index in [1.807, 2.05) is 43.5 Å². The van der Waals surface area contributed by atoms with Crippen molar-refractivity contribution < 1.29 is 18.8 Å². The smallest absolute Gasteiger partial charge is 0.277 e. The van der Waals surface area contributed by atoms with Gasteiger partial charge in [-0.25, -0.2) is 0 Å². The van der Waals surface area contributed by atoms with E-state index >= 15 is 0 Å². The predicted molar refractivity (Wildman–Crippen MR) is 99.2 cm³/mol. The van der Waals surface area contributed by atoms with Gasteiger partial charge in [-0.2, -0.15) is 0 Å². The maximum Gasteiger partial charge on any atom is 0.277 e. The van der Waals surface area contributed by atoms with Crippen LogP contribution in [0.5, 0.6) is 11.5 Å². The van der Waals surface area contributed by atoms with E-state index in [2.05, 4.69) is 10.5 Å². The number of aromatic nitrogens is 1. The van der Waals surface area contributed by atoms with Crippen LogP contribution >= 0.6 is 11.3 Å². The Morgan fingerprint density at radius 3 is 3.08 bits per heavy atom. The maximum absolute atomic E-state index is 12.6. The number of thiophene rings is 1. The van der Waals surface area contributed by atoms with Gasteiger partial charge >= 0.3 is 0 Å². The third kappa shape index (κ3) is 3.17. The van der Waals surface area contributed by atoms with Gasteiger partial charge in [0.2, 0.25) is 0 Å². The fourth-order valence-corrected chi connectivity index (χ4v) is 3.59. The van der Waals surface area contributed by atoms with Crippen LogP contribution in [0.1, 0.15) is 29.9 Å². The molecule has 2 aromatic heterocycles. The van der Waals surface area contributed by atoms with E-state index in [1.165, 1.54) is 11.3 Å². The van der Waals surface area contributed by atoms with Gasteiger partial charge in [0.15, 0.2) is 11.5 Å². The van der Waals surface area contributed by atoms with Gasteiger partial charge in [0.1, 0.15) is 17.6 Å². The minimum absolute atomic E-state index is 0.120. The summed E-state index contributed by atoms with van der Waals surface area (Å²) in [6.07, 6.45) is 0.950. The summed E-state index contributed by atoms with van der Waals surface area (Å²) in [4.78, 5) is 13.5. The van der Waals surface area contributed by atoms with Crippen LogP contribution in [0.3, 0.4) is 0 Å². The van der Waals surface area contributed by atoms with Crippen LogP contribution in [-0.4, -0.2) is 23.8 Å². The molecule has 4 rings (SSSR count). The van der Waals surface area contributed by atoms with Crippen molar-refractivity contribution in [3.05, 3.63) is 47.0 Å². The van der Waals surface area contributed by atoms with Crippen LogP contribution in [0, 0.1) is 0 Å². The number of carbonyl (C=O) groups excluding carboxylic acids is 1. The summed E-state index contributed by atoms with van der Waals surface area (Å²) >= 11 is 1.53. The highest BCUT2D eigenvalue weighted by molar-refractivity contribution is 7.13. The lowest BCUT2D eigenvalue weighted by Crippen LogP contribution is -2.13. The van der Waals surface area contributed by atoms with Gasteiger partial charge in [-0.05, 0) is 31.4 Å². The van der Waals surface area contributed by atoms with Crippen molar-refractivity contribution in [2.45, 2.75) is 26.4 Å². The normalized spacial score (nSPS) is 15.4. The van der Waals surface area contributed by atoms with Gasteiger partial charge < -0.3 is 19.3 Å². The number of anilines is 1. The Kier molecular flexibility index (Phi) is 4.38. The largest absolute Gasteiger partial charge is 0.492 e. The van der Waals surface area contributed by atoms with E-state index in [-0.39, 0.29) is 17.7 Å². The van der Waals surface area contributed by atoms with E-state index in [9.17, 15) is 4.79 Å². The lowest BCUT2D eigenvalue weighted by Gasteiger charge is -2.12. The summed E-state index contributed by atoms with van der Waals surface area (Å²) < 4.78 is 16.7. The molecule has 3 heterocycles. The predicted octanol–water partition coefficient (Wildman–Crippen LogP) is 4.38. The number of nitrogens with one attached hydrogen (secondary N) is 1. The first-order chi connectivity index (χ1) is 12.6. The van der Waals surface area contributed by atoms with Gasteiger partial charge in [0.25, 0.3) is 5.91 Å². The molecule has 1 unspecified atom stereocenters. The molecule has 1 atom stereocenters. The molecule has 0 fully saturated rings. The lowest BCUT2D eigenvalue weighted by molar-refractivity contribution is 0.101. The monoisotopic (exact) mass is 370 g/mol. The molecule has 1 N–H and O–H groups in total. The van der Waals surface area contributed by atoms with Crippen LogP contribution in [-0.2, 0) is 6.42 Å². The average molecular weight is 370 g/mol. The molecular weight excluding hydrogens is 352 g/mol. The summed E-state index contributed by atoms with van der Waals surface area (Å²) in [5.41, 5.74) is 1.86.